The molecule has 0 amide bonds. The van der Waals surface area contributed by atoms with Crippen LogP contribution in [0.15, 0.2) is 6.20 Å². The Hall–Kier alpha value is -1.69. The van der Waals surface area contributed by atoms with Gasteiger partial charge in [-0.2, -0.15) is 0 Å². The number of anilines is 1. The number of carbonyl (C=O) groups is 2. The molecule has 1 aliphatic rings. The van der Waals surface area contributed by atoms with Gasteiger partial charge in [0.2, 0.25) is 5.95 Å². The molecule has 1 unspecified atom stereocenters. The molecule has 1 fully saturated rings. The van der Waals surface area contributed by atoms with Gasteiger partial charge in [-0.15, -0.1) is 0 Å². The maximum absolute atomic E-state index is 12.3. The second-order valence-electron chi connectivity index (χ2n) is 5.14. The molecule has 0 radical (unpaired) electrons. The predicted octanol–water partition coefficient (Wildman–Crippen LogP) is 2.64. The van der Waals surface area contributed by atoms with Crippen LogP contribution in [0.4, 0.5) is 5.95 Å². The van der Waals surface area contributed by atoms with Crippen molar-refractivity contribution in [2.45, 2.75) is 45.6 Å². The lowest BCUT2D eigenvalue weighted by molar-refractivity contribution is -0.129. The van der Waals surface area contributed by atoms with Crippen LogP contribution in [0.1, 0.15) is 50.0 Å². The number of hydrogen-bond donors (Lipinski definition) is 0. The Kier molecular flexibility index (Phi) is 5.71. The first-order valence-electron chi connectivity index (χ1n) is 7.58. The summed E-state index contributed by atoms with van der Waals surface area (Å²) in [4.78, 5) is 34.3. The van der Waals surface area contributed by atoms with Gasteiger partial charge < -0.3 is 9.64 Å². The largest absolute Gasteiger partial charge is 0.450 e. The van der Waals surface area contributed by atoms with E-state index in [0.717, 1.165) is 12.8 Å². The Morgan fingerprint density at radius 3 is 2.77 bits per heavy atom. The van der Waals surface area contributed by atoms with Crippen molar-refractivity contribution in [3.05, 3.63) is 16.9 Å². The minimum atomic E-state index is -0.677. The van der Waals surface area contributed by atoms with E-state index >= 15 is 0 Å². The first kappa shape index (κ1) is 16.7. The van der Waals surface area contributed by atoms with Crippen LogP contribution in [0.2, 0.25) is 5.02 Å². The Labute approximate surface area is 134 Å². The second-order valence-corrected chi connectivity index (χ2v) is 5.55. The molecule has 1 aromatic rings. The number of ether oxygens (including phenoxy) is 1. The second kappa shape index (κ2) is 7.54. The first-order chi connectivity index (χ1) is 10.6. The molecular weight excluding hydrogens is 306 g/mol. The van der Waals surface area contributed by atoms with Gasteiger partial charge in [0.15, 0.2) is 17.6 Å². The number of Topliss-reactive ketones (excluding diaryl/α,β-unsaturated/α-hetero) is 1. The number of nitrogens with zero attached hydrogens (tertiary/aromatic N) is 3. The topological polar surface area (TPSA) is 72.4 Å². The Morgan fingerprint density at radius 2 is 2.14 bits per heavy atom. The number of halogens is 1. The van der Waals surface area contributed by atoms with Gasteiger partial charge in [0.05, 0.1) is 11.2 Å². The number of esters is 1. The van der Waals surface area contributed by atoms with E-state index in [2.05, 4.69) is 9.97 Å². The molecule has 120 valence electrons. The summed E-state index contributed by atoms with van der Waals surface area (Å²) in [6, 6.07) is 0. The van der Waals surface area contributed by atoms with Crippen molar-refractivity contribution in [2.75, 3.05) is 18.0 Å². The highest BCUT2D eigenvalue weighted by molar-refractivity contribution is 6.33. The molecular formula is C15H20ClN3O3. The molecule has 6 nitrogen and oxygen atoms in total. The molecule has 0 bridgehead atoms. The molecule has 0 aliphatic heterocycles. The van der Waals surface area contributed by atoms with Crippen molar-refractivity contribution in [3.63, 3.8) is 0 Å². The van der Waals surface area contributed by atoms with Crippen molar-refractivity contribution in [2.24, 2.45) is 0 Å². The van der Waals surface area contributed by atoms with Crippen LogP contribution in [-0.4, -0.2) is 40.9 Å². The van der Waals surface area contributed by atoms with Gasteiger partial charge in [-0.25, -0.2) is 14.8 Å². The van der Waals surface area contributed by atoms with Gasteiger partial charge in [0.25, 0.3) is 0 Å². The maximum atomic E-state index is 12.3. The lowest BCUT2D eigenvalue weighted by Gasteiger charge is -2.21. The lowest BCUT2D eigenvalue weighted by atomic mass is 9.96. The van der Waals surface area contributed by atoms with Crippen molar-refractivity contribution in [1.29, 1.82) is 0 Å². The fourth-order valence-corrected chi connectivity index (χ4v) is 2.59. The number of rotatable bonds is 5. The maximum Gasteiger partial charge on any atom is 0.359 e. The third-order valence-corrected chi connectivity index (χ3v) is 4.00. The number of hydrogen-bond acceptors (Lipinski definition) is 6. The molecule has 0 spiro atoms. The van der Waals surface area contributed by atoms with Crippen molar-refractivity contribution >= 4 is 29.3 Å². The van der Waals surface area contributed by atoms with Gasteiger partial charge in [-0.05, 0) is 33.1 Å². The smallest absolute Gasteiger partial charge is 0.359 e. The van der Waals surface area contributed by atoms with Crippen LogP contribution in [0, 0.1) is 0 Å². The summed E-state index contributed by atoms with van der Waals surface area (Å²) in [5.41, 5.74) is 0.0111. The Morgan fingerprint density at radius 1 is 1.41 bits per heavy atom. The highest BCUT2D eigenvalue weighted by Gasteiger charge is 2.28. The Balaban J connectivity index is 2.17. The van der Waals surface area contributed by atoms with Gasteiger partial charge in [-0.1, -0.05) is 11.6 Å². The van der Waals surface area contributed by atoms with E-state index in [0.29, 0.717) is 31.9 Å². The van der Waals surface area contributed by atoms with Crippen molar-refractivity contribution in [1.82, 2.24) is 9.97 Å². The summed E-state index contributed by atoms with van der Waals surface area (Å²) < 4.78 is 5.29. The summed E-state index contributed by atoms with van der Waals surface area (Å²) in [6.07, 6.45) is 3.47. The van der Waals surface area contributed by atoms with E-state index in [1.54, 1.807) is 0 Å². The highest BCUT2D eigenvalue weighted by Crippen LogP contribution is 2.21. The molecule has 0 N–H and O–H groups in total. The molecule has 1 saturated carbocycles. The summed E-state index contributed by atoms with van der Waals surface area (Å²) in [7, 11) is 0. The molecule has 1 heterocycles. The quantitative estimate of drug-likeness (QED) is 0.775. The molecule has 0 aromatic carbocycles. The van der Waals surface area contributed by atoms with E-state index in [9.17, 15) is 9.59 Å². The van der Waals surface area contributed by atoms with Gasteiger partial charge >= 0.3 is 5.97 Å². The lowest BCUT2D eigenvalue weighted by Crippen LogP contribution is -2.31. The fraction of sp³-hybridized carbons (Fsp3) is 0.600. The van der Waals surface area contributed by atoms with Crippen molar-refractivity contribution < 1.29 is 14.3 Å². The van der Waals surface area contributed by atoms with Gasteiger partial charge in [-0.3, -0.25) is 4.79 Å². The molecule has 1 aromatic heterocycles. The van der Waals surface area contributed by atoms with E-state index < -0.39 is 12.1 Å². The minimum Gasteiger partial charge on any atom is -0.450 e. The van der Waals surface area contributed by atoms with Gasteiger partial charge in [0.1, 0.15) is 0 Å². The van der Waals surface area contributed by atoms with Crippen molar-refractivity contribution in [3.8, 4) is 0 Å². The van der Waals surface area contributed by atoms with Crippen LogP contribution in [0.3, 0.4) is 0 Å². The van der Waals surface area contributed by atoms with Gasteiger partial charge in [0, 0.05) is 19.5 Å². The zero-order valence-corrected chi connectivity index (χ0v) is 13.6. The minimum absolute atomic E-state index is 0.0111. The fourth-order valence-electron chi connectivity index (χ4n) is 2.42. The zero-order valence-electron chi connectivity index (χ0n) is 12.8. The number of aromatic nitrogens is 2. The van der Waals surface area contributed by atoms with E-state index in [-0.39, 0.29) is 16.5 Å². The van der Waals surface area contributed by atoms with E-state index in [1.807, 2.05) is 18.7 Å². The number of ketones is 1. The van der Waals surface area contributed by atoms with Crippen LogP contribution in [-0.2, 0) is 9.53 Å². The molecule has 7 heteroatoms. The van der Waals surface area contributed by atoms with Crippen LogP contribution < -0.4 is 4.90 Å². The molecule has 1 atom stereocenters. The standard InChI is InChI=1S/C15H20ClN3O3/c1-3-19(4-2)15-17-9-10(16)13(18-15)14(21)22-12-8-6-5-7-11(12)20/h9,12H,3-8H2,1-2H3. The monoisotopic (exact) mass is 325 g/mol. The summed E-state index contributed by atoms with van der Waals surface area (Å²) in [5, 5.41) is 0.129. The molecule has 0 saturated heterocycles. The summed E-state index contributed by atoms with van der Waals surface area (Å²) in [6.45, 7) is 5.38. The average Bonchev–Trinajstić information content (AvgIpc) is 2.52. The summed E-state index contributed by atoms with van der Waals surface area (Å²) >= 11 is 6.01. The van der Waals surface area contributed by atoms with E-state index in [4.69, 9.17) is 16.3 Å². The predicted molar refractivity (Wildman–Crippen MR) is 83.3 cm³/mol. The first-order valence-corrected chi connectivity index (χ1v) is 7.95. The molecule has 22 heavy (non-hydrogen) atoms. The average molecular weight is 326 g/mol. The molecule has 2 rings (SSSR count). The zero-order chi connectivity index (χ0) is 16.1. The summed E-state index contributed by atoms with van der Waals surface area (Å²) in [5.74, 6) is -0.272. The third-order valence-electron chi connectivity index (χ3n) is 3.72. The molecule has 1 aliphatic carbocycles. The normalized spacial score (nSPS) is 18.1. The third kappa shape index (κ3) is 3.74. The highest BCUT2D eigenvalue weighted by atomic mass is 35.5. The number of carbonyl (C=O) groups excluding carboxylic acids is 2. The van der Waals surface area contributed by atoms with E-state index in [1.165, 1.54) is 6.20 Å². The van der Waals surface area contributed by atoms with Crippen LogP contribution in [0.25, 0.3) is 0 Å². The van der Waals surface area contributed by atoms with Crippen LogP contribution >= 0.6 is 11.6 Å². The van der Waals surface area contributed by atoms with Crippen LogP contribution in [0.5, 0.6) is 0 Å². The SMILES string of the molecule is CCN(CC)c1ncc(Cl)c(C(=O)OC2CCCCC2=O)n1. The Bertz CT molecular complexity index is 561.